The van der Waals surface area contributed by atoms with Crippen LogP contribution in [0.5, 0.6) is 5.75 Å². The summed E-state index contributed by atoms with van der Waals surface area (Å²) in [7, 11) is 0. The number of halogens is 2. The van der Waals surface area contributed by atoms with Crippen molar-refractivity contribution in [3.8, 4) is 17.1 Å². The van der Waals surface area contributed by atoms with E-state index < -0.39 is 0 Å². The first-order valence-electron chi connectivity index (χ1n) is 6.31. The van der Waals surface area contributed by atoms with Crippen LogP contribution in [0.3, 0.4) is 0 Å². The molecule has 1 aromatic heterocycles. The summed E-state index contributed by atoms with van der Waals surface area (Å²) in [5, 5.41) is 0.562. The van der Waals surface area contributed by atoms with Crippen molar-refractivity contribution in [1.29, 1.82) is 0 Å². The van der Waals surface area contributed by atoms with Gasteiger partial charge in [-0.25, -0.2) is 0 Å². The van der Waals surface area contributed by atoms with Crippen molar-refractivity contribution in [2.45, 2.75) is 6.61 Å². The fraction of sp³-hybridized carbons (Fsp3) is 0.0625. The van der Waals surface area contributed by atoms with Crippen LogP contribution < -0.4 is 10.2 Å². The summed E-state index contributed by atoms with van der Waals surface area (Å²) in [5.74, 6) is 1.32. The molecule has 0 N–H and O–H groups in total. The molecule has 0 saturated carbocycles. The first-order valence-corrected chi connectivity index (χ1v) is 7.90. The normalized spacial score (nSPS) is 12.7. The van der Waals surface area contributed by atoms with E-state index in [1.807, 2.05) is 24.3 Å². The van der Waals surface area contributed by atoms with Gasteiger partial charge in [0, 0.05) is 8.95 Å². The van der Waals surface area contributed by atoms with Crippen molar-refractivity contribution in [2.75, 3.05) is 0 Å². The third-order valence-corrected chi connectivity index (χ3v) is 4.49. The molecule has 0 fully saturated rings. The van der Waals surface area contributed by atoms with E-state index >= 15 is 0 Å². The van der Waals surface area contributed by atoms with Gasteiger partial charge in [0.05, 0.1) is 16.5 Å². The Morgan fingerprint density at radius 3 is 2.62 bits per heavy atom. The van der Waals surface area contributed by atoms with Crippen molar-refractivity contribution in [2.24, 2.45) is 0 Å². The molecule has 0 spiro atoms. The average molecular weight is 408 g/mol. The third kappa shape index (κ3) is 2.03. The SMILES string of the molecule is O=c1c2c(oc3ccc(Br)cc13)-c1ccc(Br)cc1OC2. The molecule has 0 bridgehead atoms. The van der Waals surface area contributed by atoms with Gasteiger partial charge in [-0.2, -0.15) is 0 Å². The lowest BCUT2D eigenvalue weighted by molar-refractivity contribution is 0.295. The lowest BCUT2D eigenvalue weighted by Gasteiger charge is -2.19. The predicted molar refractivity (Wildman–Crippen MR) is 87.7 cm³/mol. The highest BCUT2D eigenvalue weighted by atomic mass is 79.9. The first-order chi connectivity index (χ1) is 10.1. The summed E-state index contributed by atoms with van der Waals surface area (Å²) < 4.78 is 13.4. The van der Waals surface area contributed by atoms with Crippen molar-refractivity contribution in [3.63, 3.8) is 0 Å². The fourth-order valence-electron chi connectivity index (χ4n) is 2.51. The molecule has 2 heterocycles. The maximum Gasteiger partial charge on any atom is 0.200 e. The van der Waals surface area contributed by atoms with E-state index in [-0.39, 0.29) is 12.0 Å². The molecule has 3 nitrogen and oxygen atoms in total. The highest BCUT2D eigenvalue weighted by Gasteiger charge is 2.24. The molecule has 5 heteroatoms. The van der Waals surface area contributed by atoms with Gasteiger partial charge in [0.25, 0.3) is 0 Å². The van der Waals surface area contributed by atoms with Crippen LogP contribution in [-0.2, 0) is 6.61 Å². The lowest BCUT2D eigenvalue weighted by atomic mass is 10.0. The maximum absolute atomic E-state index is 12.6. The summed E-state index contributed by atoms with van der Waals surface area (Å²) in [5.41, 5.74) is 1.91. The van der Waals surface area contributed by atoms with E-state index in [1.54, 1.807) is 12.1 Å². The van der Waals surface area contributed by atoms with E-state index in [9.17, 15) is 4.79 Å². The first kappa shape index (κ1) is 13.1. The maximum atomic E-state index is 12.6. The second kappa shape index (κ2) is 4.71. The van der Waals surface area contributed by atoms with Gasteiger partial charge in [-0.1, -0.05) is 31.9 Å². The topological polar surface area (TPSA) is 39.4 Å². The molecule has 1 aliphatic heterocycles. The highest BCUT2D eigenvalue weighted by molar-refractivity contribution is 9.10. The van der Waals surface area contributed by atoms with Gasteiger partial charge in [-0.15, -0.1) is 0 Å². The predicted octanol–water partition coefficient (Wildman–Crippen LogP) is 4.88. The van der Waals surface area contributed by atoms with Crippen LogP contribution in [0.25, 0.3) is 22.3 Å². The molecule has 21 heavy (non-hydrogen) atoms. The van der Waals surface area contributed by atoms with Crippen LogP contribution in [0.2, 0.25) is 0 Å². The van der Waals surface area contributed by atoms with Gasteiger partial charge in [-0.3, -0.25) is 4.79 Å². The number of fused-ring (bicyclic) bond motifs is 4. The Balaban J connectivity index is 2.09. The summed E-state index contributed by atoms with van der Waals surface area (Å²) in [6.07, 6.45) is 0. The number of ether oxygens (including phenoxy) is 1. The molecular formula is C16H8Br2O3. The fourth-order valence-corrected chi connectivity index (χ4v) is 3.21. The molecule has 0 atom stereocenters. The van der Waals surface area contributed by atoms with Crippen LogP contribution in [0.4, 0.5) is 0 Å². The van der Waals surface area contributed by atoms with Gasteiger partial charge >= 0.3 is 0 Å². The van der Waals surface area contributed by atoms with Gasteiger partial charge in [-0.05, 0) is 36.4 Å². The molecule has 1 aliphatic rings. The Labute approximate surface area is 136 Å². The van der Waals surface area contributed by atoms with E-state index in [0.717, 1.165) is 20.3 Å². The molecule has 0 unspecified atom stereocenters. The molecule has 2 aromatic carbocycles. The van der Waals surface area contributed by atoms with Gasteiger partial charge in [0.2, 0.25) is 0 Å². The minimum atomic E-state index is -0.0406. The molecular weight excluding hydrogens is 400 g/mol. The van der Waals surface area contributed by atoms with E-state index in [0.29, 0.717) is 22.3 Å². The minimum Gasteiger partial charge on any atom is -0.488 e. The van der Waals surface area contributed by atoms with E-state index in [2.05, 4.69) is 31.9 Å². The van der Waals surface area contributed by atoms with Crippen LogP contribution in [0, 0.1) is 0 Å². The largest absolute Gasteiger partial charge is 0.488 e. The molecule has 0 saturated heterocycles. The zero-order valence-electron chi connectivity index (χ0n) is 10.7. The third-order valence-electron chi connectivity index (χ3n) is 3.51. The number of hydrogen-bond donors (Lipinski definition) is 0. The van der Waals surface area contributed by atoms with Crippen LogP contribution in [-0.4, -0.2) is 0 Å². The quantitative estimate of drug-likeness (QED) is 0.533. The molecule has 104 valence electrons. The van der Waals surface area contributed by atoms with Crippen molar-refractivity contribution >= 4 is 42.8 Å². The second-order valence-corrected chi connectivity index (χ2v) is 6.64. The molecule has 4 rings (SSSR count). The minimum absolute atomic E-state index is 0.0406. The van der Waals surface area contributed by atoms with Gasteiger partial charge in [0.1, 0.15) is 23.7 Å². The number of benzene rings is 2. The zero-order valence-corrected chi connectivity index (χ0v) is 13.8. The summed E-state index contributed by atoms with van der Waals surface area (Å²) >= 11 is 6.79. The molecule has 0 aliphatic carbocycles. The highest BCUT2D eigenvalue weighted by Crippen LogP contribution is 2.39. The summed E-state index contributed by atoms with van der Waals surface area (Å²) in [6.45, 7) is 0.226. The number of hydrogen-bond acceptors (Lipinski definition) is 3. The van der Waals surface area contributed by atoms with Gasteiger partial charge < -0.3 is 9.15 Å². The number of rotatable bonds is 0. The Morgan fingerprint density at radius 1 is 1.00 bits per heavy atom. The molecule has 0 radical (unpaired) electrons. The molecule has 0 amide bonds. The molecule has 3 aromatic rings. The Bertz CT molecular complexity index is 944. The average Bonchev–Trinajstić information content (AvgIpc) is 2.47. The zero-order chi connectivity index (χ0) is 14.6. The summed E-state index contributed by atoms with van der Waals surface area (Å²) in [4.78, 5) is 12.6. The smallest absolute Gasteiger partial charge is 0.200 e. The Morgan fingerprint density at radius 2 is 1.76 bits per heavy atom. The summed E-state index contributed by atoms with van der Waals surface area (Å²) in [6, 6.07) is 11.1. The van der Waals surface area contributed by atoms with E-state index in [1.165, 1.54) is 0 Å². The van der Waals surface area contributed by atoms with Crippen LogP contribution in [0.1, 0.15) is 5.56 Å². The Hall–Kier alpha value is -1.59. The van der Waals surface area contributed by atoms with Crippen molar-refractivity contribution < 1.29 is 9.15 Å². The van der Waals surface area contributed by atoms with Crippen LogP contribution in [0.15, 0.2) is 54.6 Å². The second-order valence-electron chi connectivity index (χ2n) is 4.81. The lowest BCUT2D eigenvalue weighted by Crippen LogP contribution is -2.17. The van der Waals surface area contributed by atoms with Gasteiger partial charge in [0.15, 0.2) is 5.43 Å². The Kier molecular flexibility index (Phi) is 2.94. The van der Waals surface area contributed by atoms with Crippen LogP contribution >= 0.6 is 31.9 Å². The van der Waals surface area contributed by atoms with E-state index in [4.69, 9.17) is 9.15 Å². The van der Waals surface area contributed by atoms with Crippen molar-refractivity contribution in [1.82, 2.24) is 0 Å². The monoisotopic (exact) mass is 406 g/mol. The standard InChI is InChI=1S/C16H8Br2O3/c17-8-2-4-13-11(5-8)15(19)12-7-20-14-6-9(18)1-3-10(14)16(12)21-13/h1-6H,7H2. The van der Waals surface area contributed by atoms with Crippen molar-refractivity contribution in [3.05, 3.63) is 61.1 Å².